The van der Waals surface area contributed by atoms with Gasteiger partial charge in [0.15, 0.2) is 0 Å². The number of anilines is 2. The van der Waals surface area contributed by atoms with E-state index in [9.17, 15) is 14.4 Å². The van der Waals surface area contributed by atoms with Gasteiger partial charge in [-0.05, 0) is 53.6 Å². The summed E-state index contributed by atoms with van der Waals surface area (Å²) in [7, 11) is 0. The number of nitrogens with zero attached hydrogens (tertiary/aromatic N) is 2. The van der Waals surface area contributed by atoms with Crippen molar-refractivity contribution in [2.24, 2.45) is 0 Å². The maximum Gasteiger partial charge on any atom is 0.256 e. The molecule has 0 bridgehead atoms. The van der Waals surface area contributed by atoms with Gasteiger partial charge in [0.25, 0.3) is 17.7 Å². The summed E-state index contributed by atoms with van der Waals surface area (Å²) in [5.74, 6) is -0.525. The Hall–Kier alpha value is -3.68. The van der Waals surface area contributed by atoms with Crippen molar-refractivity contribution in [2.75, 3.05) is 30.0 Å². The van der Waals surface area contributed by atoms with E-state index in [1.165, 1.54) is 0 Å². The second-order valence-electron chi connectivity index (χ2n) is 8.23. The Kier molecular flexibility index (Phi) is 6.04. The van der Waals surface area contributed by atoms with E-state index in [2.05, 4.69) is 5.32 Å². The Labute approximate surface area is 201 Å². The second-order valence-corrected chi connectivity index (χ2v) is 8.67. The quantitative estimate of drug-likeness (QED) is 0.602. The Balaban J connectivity index is 1.33. The third-order valence-corrected chi connectivity index (χ3v) is 6.20. The number of carbonyl (C=O) groups excluding carboxylic acids is 3. The van der Waals surface area contributed by atoms with Gasteiger partial charge >= 0.3 is 0 Å². The minimum atomic E-state index is -0.306. The summed E-state index contributed by atoms with van der Waals surface area (Å²) in [6.45, 7) is 1.92. The van der Waals surface area contributed by atoms with Crippen molar-refractivity contribution in [3.05, 3.63) is 94.0 Å². The number of hydrogen-bond donors (Lipinski definition) is 1. The molecule has 7 nitrogen and oxygen atoms in total. The highest BCUT2D eigenvalue weighted by Gasteiger charge is 2.30. The highest BCUT2D eigenvalue weighted by atomic mass is 35.5. The van der Waals surface area contributed by atoms with Crippen LogP contribution in [0, 0.1) is 0 Å². The average molecular weight is 476 g/mol. The minimum Gasteiger partial charge on any atom is -0.370 e. The van der Waals surface area contributed by atoms with Crippen molar-refractivity contribution < 1.29 is 19.1 Å². The molecular weight excluding hydrogens is 454 g/mol. The molecule has 0 radical (unpaired) electrons. The number of carbonyl (C=O) groups is 3. The SMILES string of the molecule is O=C(Nc1cccc2c1C(=O)N(Cc1cccc(N3CCOCC3=O)c1)C2)c1ccc(Cl)cc1. The fourth-order valence-electron chi connectivity index (χ4n) is 4.28. The van der Waals surface area contributed by atoms with E-state index in [1.807, 2.05) is 36.4 Å². The molecule has 0 spiro atoms. The first-order chi connectivity index (χ1) is 16.5. The molecule has 2 aliphatic heterocycles. The number of rotatable bonds is 5. The van der Waals surface area contributed by atoms with Gasteiger partial charge in [-0.25, -0.2) is 0 Å². The standard InChI is InChI=1S/C26H22ClN3O4/c27-20-9-7-18(8-10-20)25(32)28-22-6-2-4-19-15-29(26(33)24(19)22)14-17-3-1-5-21(13-17)30-11-12-34-16-23(30)31/h1-10,13H,11-12,14-16H2,(H,28,32). The number of morpholine rings is 1. The lowest BCUT2D eigenvalue weighted by Gasteiger charge is -2.27. The van der Waals surface area contributed by atoms with Crippen LogP contribution in [0.1, 0.15) is 31.8 Å². The van der Waals surface area contributed by atoms with Crippen LogP contribution in [0.4, 0.5) is 11.4 Å². The van der Waals surface area contributed by atoms with Crippen molar-refractivity contribution >= 4 is 40.7 Å². The average Bonchev–Trinajstić information content (AvgIpc) is 3.16. The van der Waals surface area contributed by atoms with E-state index in [4.69, 9.17) is 16.3 Å². The summed E-state index contributed by atoms with van der Waals surface area (Å²) in [4.78, 5) is 41.6. The Morgan fingerprint density at radius 1 is 1.03 bits per heavy atom. The molecule has 3 aromatic carbocycles. The predicted octanol–water partition coefficient (Wildman–Crippen LogP) is 4.11. The van der Waals surface area contributed by atoms with Crippen LogP contribution in [0.5, 0.6) is 0 Å². The van der Waals surface area contributed by atoms with E-state index < -0.39 is 0 Å². The lowest BCUT2D eigenvalue weighted by Crippen LogP contribution is -2.41. The molecule has 1 N–H and O–H groups in total. The van der Waals surface area contributed by atoms with Crippen LogP contribution in [0.15, 0.2) is 66.7 Å². The minimum absolute atomic E-state index is 0.0749. The van der Waals surface area contributed by atoms with Crippen LogP contribution in [0.3, 0.4) is 0 Å². The summed E-state index contributed by atoms with van der Waals surface area (Å²) < 4.78 is 5.21. The maximum atomic E-state index is 13.3. The van der Waals surface area contributed by atoms with Crippen LogP contribution < -0.4 is 10.2 Å². The number of fused-ring (bicyclic) bond motifs is 1. The molecule has 0 aliphatic carbocycles. The van der Waals surface area contributed by atoms with Gasteiger partial charge in [0, 0.05) is 35.9 Å². The van der Waals surface area contributed by atoms with Crippen molar-refractivity contribution in [2.45, 2.75) is 13.1 Å². The van der Waals surface area contributed by atoms with Crippen LogP contribution in [0.2, 0.25) is 5.02 Å². The van der Waals surface area contributed by atoms with Crippen LogP contribution in [-0.2, 0) is 22.6 Å². The third-order valence-electron chi connectivity index (χ3n) is 5.95. The number of ether oxygens (including phenoxy) is 1. The van der Waals surface area contributed by atoms with E-state index in [0.717, 1.165) is 16.8 Å². The molecule has 1 fully saturated rings. The molecule has 8 heteroatoms. The molecule has 0 unspecified atom stereocenters. The molecule has 3 amide bonds. The van der Waals surface area contributed by atoms with Gasteiger partial charge in [-0.1, -0.05) is 35.9 Å². The molecule has 0 atom stereocenters. The lowest BCUT2D eigenvalue weighted by atomic mass is 10.1. The van der Waals surface area contributed by atoms with Gasteiger partial charge in [-0.3, -0.25) is 14.4 Å². The first kappa shape index (κ1) is 22.1. The summed E-state index contributed by atoms with van der Waals surface area (Å²) >= 11 is 5.91. The highest BCUT2D eigenvalue weighted by molar-refractivity contribution is 6.30. The van der Waals surface area contributed by atoms with Gasteiger partial charge in [-0.15, -0.1) is 0 Å². The number of benzene rings is 3. The zero-order chi connectivity index (χ0) is 23.7. The van der Waals surface area contributed by atoms with Crippen molar-refractivity contribution in [1.82, 2.24) is 4.90 Å². The van der Waals surface area contributed by atoms with E-state index in [-0.39, 0.29) is 24.3 Å². The smallest absolute Gasteiger partial charge is 0.256 e. The lowest BCUT2D eigenvalue weighted by molar-refractivity contribution is -0.125. The molecule has 2 aliphatic rings. The highest BCUT2D eigenvalue weighted by Crippen LogP contribution is 2.31. The molecule has 34 heavy (non-hydrogen) atoms. The third kappa shape index (κ3) is 4.40. The summed E-state index contributed by atoms with van der Waals surface area (Å²) in [5.41, 5.74) is 4.02. The van der Waals surface area contributed by atoms with Gasteiger partial charge in [0.05, 0.1) is 17.9 Å². The fraction of sp³-hybridized carbons (Fsp3) is 0.192. The van der Waals surface area contributed by atoms with Gasteiger partial charge in [-0.2, -0.15) is 0 Å². The monoisotopic (exact) mass is 475 g/mol. The van der Waals surface area contributed by atoms with E-state index in [1.54, 1.807) is 40.1 Å². The van der Waals surface area contributed by atoms with Crippen LogP contribution in [-0.4, -0.2) is 42.4 Å². The van der Waals surface area contributed by atoms with Crippen molar-refractivity contribution in [3.8, 4) is 0 Å². The van der Waals surface area contributed by atoms with Gasteiger partial charge < -0.3 is 19.9 Å². The Morgan fingerprint density at radius 2 is 1.82 bits per heavy atom. The first-order valence-corrected chi connectivity index (χ1v) is 11.3. The normalized spacial score (nSPS) is 15.4. The van der Waals surface area contributed by atoms with E-state index >= 15 is 0 Å². The molecule has 3 aromatic rings. The Morgan fingerprint density at radius 3 is 2.62 bits per heavy atom. The van der Waals surface area contributed by atoms with Crippen molar-refractivity contribution in [3.63, 3.8) is 0 Å². The Bertz CT molecular complexity index is 1280. The zero-order valence-corrected chi connectivity index (χ0v) is 19.0. The number of nitrogens with one attached hydrogen (secondary N) is 1. The summed E-state index contributed by atoms with van der Waals surface area (Å²) in [6, 6.07) is 19.7. The molecule has 0 saturated carbocycles. The molecule has 5 rings (SSSR count). The number of amides is 3. The van der Waals surface area contributed by atoms with Gasteiger partial charge in [0.1, 0.15) is 6.61 Å². The second kappa shape index (κ2) is 9.29. The zero-order valence-electron chi connectivity index (χ0n) is 18.3. The fourth-order valence-corrected chi connectivity index (χ4v) is 4.41. The van der Waals surface area contributed by atoms with Crippen LogP contribution >= 0.6 is 11.6 Å². The topological polar surface area (TPSA) is 79.0 Å². The summed E-state index contributed by atoms with van der Waals surface area (Å²) in [6.07, 6.45) is 0. The molecule has 172 valence electrons. The molecule has 1 saturated heterocycles. The van der Waals surface area contributed by atoms with Gasteiger partial charge in [0.2, 0.25) is 0 Å². The van der Waals surface area contributed by atoms with Crippen LogP contribution in [0.25, 0.3) is 0 Å². The number of hydrogen-bond acceptors (Lipinski definition) is 4. The largest absolute Gasteiger partial charge is 0.370 e. The summed E-state index contributed by atoms with van der Waals surface area (Å²) in [5, 5.41) is 3.41. The van der Waals surface area contributed by atoms with Crippen molar-refractivity contribution in [1.29, 1.82) is 0 Å². The molecule has 0 aromatic heterocycles. The first-order valence-electron chi connectivity index (χ1n) is 10.9. The molecular formula is C26H22ClN3O4. The number of halogens is 1. The predicted molar refractivity (Wildman–Crippen MR) is 129 cm³/mol. The van der Waals surface area contributed by atoms with E-state index in [0.29, 0.717) is 48.1 Å². The maximum absolute atomic E-state index is 13.3. The molecule has 2 heterocycles.